The van der Waals surface area contributed by atoms with Crippen LogP contribution in [0.3, 0.4) is 0 Å². The largest absolute Gasteiger partial charge is 0.351 e. The van der Waals surface area contributed by atoms with Crippen LogP contribution in [0, 0.1) is 6.92 Å². The summed E-state index contributed by atoms with van der Waals surface area (Å²) in [6, 6.07) is 14.5. The molecule has 5 heterocycles. The number of aromatic nitrogens is 5. The van der Waals surface area contributed by atoms with Crippen LogP contribution in [0.4, 0.5) is 17.3 Å². The summed E-state index contributed by atoms with van der Waals surface area (Å²) in [4.78, 5) is 24.3. The van der Waals surface area contributed by atoms with Gasteiger partial charge in [-0.25, -0.2) is 9.97 Å². The number of anilines is 3. The summed E-state index contributed by atoms with van der Waals surface area (Å²) in [6.45, 7) is 5.43. The van der Waals surface area contributed by atoms with Gasteiger partial charge in [0.1, 0.15) is 18.0 Å². The van der Waals surface area contributed by atoms with Gasteiger partial charge in [-0.15, -0.1) is 5.10 Å². The van der Waals surface area contributed by atoms with Crippen LogP contribution in [0.15, 0.2) is 48.8 Å². The van der Waals surface area contributed by atoms with Crippen molar-refractivity contribution in [2.75, 3.05) is 23.3 Å². The number of nitrogens with zero attached hydrogens (tertiary/aromatic N) is 6. The van der Waals surface area contributed by atoms with E-state index in [1.807, 2.05) is 54.0 Å². The first kappa shape index (κ1) is 20.7. The third-order valence-corrected chi connectivity index (χ3v) is 6.77. The van der Waals surface area contributed by atoms with Gasteiger partial charge in [-0.3, -0.25) is 9.36 Å². The van der Waals surface area contributed by atoms with E-state index in [2.05, 4.69) is 30.7 Å². The summed E-state index contributed by atoms with van der Waals surface area (Å²) in [6.07, 6.45) is 3.93. The normalized spacial score (nSPS) is 19.5. The van der Waals surface area contributed by atoms with Crippen LogP contribution in [-0.4, -0.2) is 55.7 Å². The summed E-state index contributed by atoms with van der Waals surface area (Å²) in [5.41, 5.74) is 4.21. The summed E-state index contributed by atoms with van der Waals surface area (Å²) in [5, 5.41) is 15.1. The van der Waals surface area contributed by atoms with Crippen molar-refractivity contribution < 1.29 is 4.79 Å². The molecule has 9 nitrogen and oxygen atoms in total. The van der Waals surface area contributed by atoms with Gasteiger partial charge in [0.05, 0.1) is 22.3 Å². The van der Waals surface area contributed by atoms with Gasteiger partial charge in [-0.05, 0) is 75.7 Å². The number of aryl methyl sites for hydroxylation is 1. The zero-order valence-electron chi connectivity index (χ0n) is 19.2. The first-order valence-corrected chi connectivity index (χ1v) is 11.6. The van der Waals surface area contributed by atoms with E-state index < -0.39 is 0 Å². The number of carbonyl (C=O) groups is 1. The Hall–Kier alpha value is -3.85. The molecule has 0 bridgehead atoms. The van der Waals surface area contributed by atoms with Crippen molar-refractivity contribution in [1.82, 2.24) is 30.0 Å². The first-order chi connectivity index (χ1) is 16.6. The first-order valence-electron chi connectivity index (χ1n) is 11.6. The number of rotatable bonds is 5. The Bertz CT molecular complexity index is 1380. The molecule has 0 unspecified atom stereocenters. The summed E-state index contributed by atoms with van der Waals surface area (Å²) in [7, 11) is 0. The number of carbonyl (C=O) groups excluding carboxylic acids is 1. The van der Waals surface area contributed by atoms with Gasteiger partial charge in [0.15, 0.2) is 11.6 Å². The molecule has 0 radical (unpaired) electrons. The molecular formula is C25H26N8O. The Morgan fingerprint density at radius 2 is 2.03 bits per heavy atom. The van der Waals surface area contributed by atoms with Crippen LogP contribution in [0.5, 0.6) is 0 Å². The molecular weight excluding hydrogens is 428 g/mol. The van der Waals surface area contributed by atoms with E-state index in [1.165, 1.54) is 0 Å². The average molecular weight is 455 g/mol. The lowest BCUT2D eigenvalue weighted by Crippen LogP contribution is -2.35. The Balaban J connectivity index is 1.35. The van der Waals surface area contributed by atoms with Crippen LogP contribution < -0.4 is 15.5 Å². The molecule has 172 valence electrons. The summed E-state index contributed by atoms with van der Waals surface area (Å²) < 4.78 is 1.97. The second-order valence-corrected chi connectivity index (χ2v) is 9.00. The topological polar surface area (TPSA) is 101 Å². The number of nitrogens with one attached hydrogen (secondary N) is 2. The minimum Gasteiger partial charge on any atom is -0.351 e. The van der Waals surface area contributed by atoms with Crippen molar-refractivity contribution in [1.29, 1.82) is 0 Å². The molecule has 2 N–H and O–H groups in total. The van der Waals surface area contributed by atoms with Crippen molar-refractivity contribution in [3.8, 4) is 5.82 Å². The van der Waals surface area contributed by atoms with E-state index in [1.54, 1.807) is 13.3 Å². The van der Waals surface area contributed by atoms with Gasteiger partial charge in [-0.1, -0.05) is 0 Å². The lowest BCUT2D eigenvalue weighted by molar-refractivity contribution is 0.101. The van der Waals surface area contributed by atoms with E-state index in [9.17, 15) is 4.79 Å². The molecule has 0 amide bonds. The van der Waals surface area contributed by atoms with Gasteiger partial charge >= 0.3 is 0 Å². The van der Waals surface area contributed by atoms with E-state index in [0.29, 0.717) is 23.5 Å². The van der Waals surface area contributed by atoms with Crippen molar-refractivity contribution in [3.63, 3.8) is 0 Å². The Kier molecular flexibility index (Phi) is 4.99. The lowest BCUT2D eigenvalue weighted by atomic mass is 10.1. The molecule has 0 saturated carbocycles. The predicted molar refractivity (Wildman–Crippen MR) is 131 cm³/mol. The highest BCUT2D eigenvalue weighted by Crippen LogP contribution is 2.33. The highest BCUT2D eigenvalue weighted by Gasteiger charge is 2.39. The van der Waals surface area contributed by atoms with Crippen LogP contribution in [0.2, 0.25) is 0 Å². The molecule has 34 heavy (non-hydrogen) atoms. The van der Waals surface area contributed by atoms with E-state index in [-0.39, 0.29) is 5.78 Å². The molecule has 2 saturated heterocycles. The summed E-state index contributed by atoms with van der Waals surface area (Å²) >= 11 is 0. The van der Waals surface area contributed by atoms with E-state index >= 15 is 0 Å². The maximum atomic E-state index is 12.4. The molecule has 2 atom stereocenters. The zero-order chi connectivity index (χ0) is 23.2. The predicted octanol–water partition coefficient (Wildman–Crippen LogP) is 3.41. The smallest absolute Gasteiger partial charge is 0.163 e. The second kappa shape index (κ2) is 8.18. The monoisotopic (exact) mass is 454 g/mol. The van der Waals surface area contributed by atoms with E-state index in [0.717, 1.165) is 60.0 Å². The van der Waals surface area contributed by atoms with Gasteiger partial charge in [0.25, 0.3) is 0 Å². The Labute approximate surface area is 197 Å². The number of pyridine rings is 1. The van der Waals surface area contributed by atoms with Gasteiger partial charge in [0.2, 0.25) is 0 Å². The molecule has 2 aliphatic rings. The number of hydrogen-bond acceptors (Lipinski definition) is 8. The van der Waals surface area contributed by atoms with Gasteiger partial charge in [0, 0.05) is 24.3 Å². The molecule has 9 heteroatoms. The molecule has 4 aromatic rings. The molecule has 2 aliphatic heterocycles. The third-order valence-electron chi connectivity index (χ3n) is 6.77. The van der Waals surface area contributed by atoms with Crippen molar-refractivity contribution in [2.24, 2.45) is 0 Å². The zero-order valence-corrected chi connectivity index (χ0v) is 19.2. The molecule has 2 fully saturated rings. The lowest BCUT2D eigenvalue weighted by Gasteiger charge is -2.26. The van der Waals surface area contributed by atoms with Crippen LogP contribution in [0.25, 0.3) is 16.9 Å². The van der Waals surface area contributed by atoms with Crippen molar-refractivity contribution in [2.45, 2.75) is 38.8 Å². The van der Waals surface area contributed by atoms with Gasteiger partial charge < -0.3 is 15.5 Å². The van der Waals surface area contributed by atoms with E-state index in [4.69, 9.17) is 4.98 Å². The standard InChI is InChI=1S/C25H26N8O/c1-15-3-7-23(31-30-15)28-17-4-6-21-20(13-17)27-14-33(21)24-8-5-18(16(2)34)25(29-24)32-12-10-19-22(32)9-11-26-19/h3-8,13-14,19,22,26H,9-12H2,1-2H3,(H,28,31)/t19-,22+/m0/s1. The van der Waals surface area contributed by atoms with Gasteiger partial charge in [-0.2, -0.15) is 5.10 Å². The number of benzene rings is 1. The Morgan fingerprint density at radius 3 is 2.85 bits per heavy atom. The highest BCUT2D eigenvalue weighted by molar-refractivity contribution is 5.99. The molecule has 3 aromatic heterocycles. The number of imidazole rings is 1. The number of fused-ring (bicyclic) bond motifs is 2. The minimum atomic E-state index is 0.0360. The highest BCUT2D eigenvalue weighted by atomic mass is 16.1. The number of ketones is 1. The Morgan fingerprint density at radius 1 is 1.12 bits per heavy atom. The molecule has 1 aromatic carbocycles. The minimum absolute atomic E-state index is 0.0360. The molecule has 0 aliphatic carbocycles. The fourth-order valence-electron chi connectivity index (χ4n) is 5.08. The number of Topliss-reactive ketones (excluding diaryl/α,β-unsaturated/α-hetero) is 1. The quantitative estimate of drug-likeness (QED) is 0.443. The molecule has 0 spiro atoms. The number of hydrogen-bond donors (Lipinski definition) is 2. The fraction of sp³-hybridized carbons (Fsp3) is 0.320. The molecule has 6 rings (SSSR count). The maximum Gasteiger partial charge on any atom is 0.163 e. The average Bonchev–Trinajstić information content (AvgIpc) is 3.56. The van der Waals surface area contributed by atoms with Crippen LogP contribution >= 0.6 is 0 Å². The second-order valence-electron chi connectivity index (χ2n) is 9.00. The van der Waals surface area contributed by atoms with Crippen LogP contribution in [0.1, 0.15) is 35.8 Å². The van der Waals surface area contributed by atoms with Crippen LogP contribution in [-0.2, 0) is 0 Å². The fourth-order valence-corrected chi connectivity index (χ4v) is 5.08. The summed E-state index contributed by atoms with van der Waals surface area (Å²) in [5.74, 6) is 2.25. The maximum absolute atomic E-state index is 12.4. The SMILES string of the molecule is CC(=O)c1ccc(-n2cnc3cc(Nc4ccc(C)nn4)ccc32)nc1N1CC[C@@H]2NCC[C@H]21. The van der Waals surface area contributed by atoms with Crippen molar-refractivity contribution >= 4 is 34.1 Å². The third kappa shape index (κ3) is 3.58. The van der Waals surface area contributed by atoms with Crippen molar-refractivity contribution in [3.05, 3.63) is 60.0 Å².